The molecule has 0 amide bonds. The molecule has 0 saturated carbocycles. The third kappa shape index (κ3) is 3.54. The van der Waals surface area contributed by atoms with Crippen LogP contribution in [0, 0.1) is 11.3 Å². The van der Waals surface area contributed by atoms with Crippen LogP contribution in [-0.2, 0) is 4.79 Å². The molecular weight excluding hydrogens is 136 g/mol. The fourth-order valence-corrected chi connectivity index (χ4v) is 1.16. The molecule has 1 heteroatoms. The molecule has 0 fully saturated rings. The smallest absolute Gasteiger partial charge is 0.135 e. The van der Waals surface area contributed by atoms with E-state index in [0.29, 0.717) is 11.7 Å². The van der Waals surface area contributed by atoms with E-state index in [9.17, 15) is 4.79 Å². The van der Waals surface area contributed by atoms with Crippen LogP contribution in [0.3, 0.4) is 0 Å². The molecule has 0 aromatic heterocycles. The predicted molar refractivity (Wildman–Crippen MR) is 48.5 cm³/mol. The summed E-state index contributed by atoms with van der Waals surface area (Å²) in [6.07, 6.45) is 2.18. The molecule has 0 aromatic rings. The van der Waals surface area contributed by atoms with Gasteiger partial charge in [0, 0.05) is 5.41 Å². The number of carbonyl (C=O) groups is 1. The van der Waals surface area contributed by atoms with Gasteiger partial charge in [-0.1, -0.05) is 34.1 Å². The van der Waals surface area contributed by atoms with E-state index >= 15 is 0 Å². The maximum atomic E-state index is 11.1. The first kappa shape index (κ1) is 10.7. The molecule has 1 nitrogen and oxygen atoms in total. The van der Waals surface area contributed by atoms with Crippen LogP contribution in [0.1, 0.15) is 47.5 Å². The van der Waals surface area contributed by atoms with Gasteiger partial charge < -0.3 is 0 Å². The van der Waals surface area contributed by atoms with Crippen LogP contribution >= 0.6 is 0 Å². The Bertz CT molecular complexity index is 136. The van der Waals surface area contributed by atoms with Gasteiger partial charge in [0.25, 0.3) is 0 Å². The van der Waals surface area contributed by atoms with Crippen molar-refractivity contribution in [2.24, 2.45) is 11.3 Å². The lowest BCUT2D eigenvalue weighted by atomic mass is 9.79. The summed E-state index contributed by atoms with van der Waals surface area (Å²) in [4.78, 5) is 11.1. The average Bonchev–Trinajstić information content (AvgIpc) is 1.86. The van der Waals surface area contributed by atoms with Gasteiger partial charge in [0.15, 0.2) is 0 Å². The molecule has 0 bridgehead atoms. The summed E-state index contributed by atoms with van der Waals surface area (Å²) < 4.78 is 0. The molecule has 66 valence electrons. The molecule has 0 aliphatic carbocycles. The Kier molecular flexibility index (Phi) is 3.77. The van der Waals surface area contributed by atoms with Gasteiger partial charge in [-0.2, -0.15) is 0 Å². The second kappa shape index (κ2) is 3.89. The maximum absolute atomic E-state index is 11.1. The lowest BCUT2D eigenvalue weighted by Crippen LogP contribution is -2.23. The lowest BCUT2D eigenvalue weighted by Gasteiger charge is -2.24. The van der Waals surface area contributed by atoms with Crippen LogP contribution in [0.4, 0.5) is 0 Å². The summed E-state index contributed by atoms with van der Waals surface area (Å²) in [7, 11) is 0. The van der Waals surface area contributed by atoms with E-state index in [2.05, 4.69) is 13.8 Å². The quantitative estimate of drug-likeness (QED) is 0.611. The SMILES string of the molecule is CCC(C)CC(C)(C)C(C)=O. The molecule has 1 atom stereocenters. The van der Waals surface area contributed by atoms with Crippen molar-refractivity contribution in [2.45, 2.75) is 47.5 Å². The minimum atomic E-state index is -0.116. The first-order valence-corrected chi connectivity index (χ1v) is 4.41. The summed E-state index contributed by atoms with van der Waals surface area (Å²) in [6, 6.07) is 0. The monoisotopic (exact) mass is 156 g/mol. The maximum Gasteiger partial charge on any atom is 0.135 e. The highest BCUT2D eigenvalue weighted by Gasteiger charge is 2.24. The van der Waals surface area contributed by atoms with Crippen molar-refractivity contribution in [1.82, 2.24) is 0 Å². The van der Waals surface area contributed by atoms with Gasteiger partial charge in [0.2, 0.25) is 0 Å². The van der Waals surface area contributed by atoms with Crippen LogP contribution < -0.4 is 0 Å². The number of hydrogen-bond acceptors (Lipinski definition) is 1. The Labute approximate surface area is 70.2 Å². The van der Waals surface area contributed by atoms with Crippen molar-refractivity contribution in [1.29, 1.82) is 0 Å². The van der Waals surface area contributed by atoms with Crippen molar-refractivity contribution >= 4 is 5.78 Å². The zero-order chi connectivity index (χ0) is 9.07. The van der Waals surface area contributed by atoms with E-state index in [1.54, 1.807) is 6.92 Å². The average molecular weight is 156 g/mol. The molecule has 0 heterocycles. The molecular formula is C10H20O. The van der Waals surface area contributed by atoms with E-state index in [-0.39, 0.29) is 5.41 Å². The van der Waals surface area contributed by atoms with Crippen LogP contribution in [0.5, 0.6) is 0 Å². The highest BCUT2D eigenvalue weighted by molar-refractivity contribution is 5.81. The fourth-order valence-electron chi connectivity index (χ4n) is 1.16. The Balaban J connectivity index is 4.01. The summed E-state index contributed by atoms with van der Waals surface area (Å²) in [5.41, 5.74) is -0.116. The molecule has 11 heavy (non-hydrogen) atoms. The summed E-state index contributed by atoms with van der Waals surface area (Å²) in [5.74, 6) is 0.965. The van der Waals surface area contributed by atoms with Gasteiger partial charge in [-0.05, 0) is 19.3 Å². The molecule has 0 spiro atoms. The van der Waals surface area contributed by atoms with Gasteiger partial charge in [-0.3, -0.25) is 4.79 Å². The lowest BCUT2D eigenvalue weighted by molar-refractivity contribution is -0.125. The van der Waals surface area contributed by atoms with Crippen molar-refractivity contribution in [2.75, 3.05) is 0 Å². The minimum absolute atomic E-state index is 0.116. The molecule has 1 unspecified atom stereocenters. The molecule has 0 saturated heterocycles. The van der Waals surface area contributed by atoms with E-state index in [1.165, 1.54) is 0 Å². The highest BCUT2D eigenvalue weighted by atomic mass is 16.1. The van der Waals surface area contributed by atoms with Crippen LogP contribution in [0.2, 0.25) is 0 Å². The topological polar surface area (TPSA) is 17.1 Å². The summed E-state index contributed by atoms with van der Waals surface area (Å²) >= 11 is 0. The molecule has 0 aliphatic heterocycles. The predicted octanol–water partition coefficient (Wildman–Crippen LogP) is 3.04. The van der Waals surface area contributed by atoms with Crippen LogP contribution in [0.25, 0.3) is 0 Å². The first-order chi connectivity index (χ1) is 4.90. The molecule has 0 rings (SSSR count). The molecule has 0 aliphatic rings. The van der Waals surface area contributed by atoms with E-state index in [1.807, 2.05) is 13.8 Å². The van der Waals surface area contributed by atoms with Gasteiger partial charge in [0.05, 0.1) is 0 Å². The number of ketones is 1. The number of hydrogen-bond donors (Lipinski definition) is 0. The summed E-state index contributed by atoms with van der Waals surface area (Å²) in [6.45, 7) is 10.1. The third-order valence-electron chi connectivity index (χ3n) is 2.51. The second-order valence-electron chi connectivity index (χ2n) is 4.16. The van der Waals surface area contributed by atoms with Gasteiger partial charge in [-0.25, -0.2) is 0 Å². The second-order valence-corrected chi connectivity index (χ2v) is 4.16. The van der Waals surface area contributed by atoms with Crippen molar-refractivity contribution in [3.63, 3.8) is 0 Å². The molecule has 0 aromatic carbocycles. The van der Waals surface area contributed by atoms with Crippen molar-refractivity contribution in [3.8, 4) is 0 Å². The first-order valence-electron chi connectivity index (χ1n) is 4.41. The Hall–Kier alpha value is -0.330. The fraction of sp³-hybridized carbons (Fsp3) is 0.900. The summed E-state index contributed by atoms with van der Waals surface area (Å²) in [5, 5.41) is 0. The highest BCUT2D eigenvalue weighted by Crippen LogP contribution is 2.27. The van der Waals surface area contributed by atoms with Crippen LogP contribution in [-0.4, -0.2) is 5.78 Å². The van der Waals surface area contributed by atoms with Crippen molar-refractivity contribution < 1.29 is 4.79 Å². The number of rotatable bonds is 4. The largest absolute Gasteiger partial charge is 0.299 e. The minimum Gasteiger partial charge on any atom is -0.299 e. The van der Waals surface area contributed by atoms with Crippen LogP contribution in [0.15, 0.2) is 0 Å². The molecule has 0 N–H and O–H groups in total. The van der Waals surface area contributed by atoms with E-state index < -0.39 is 0 Å². The zero-order valence-electron chi connectivity index (χ0n) is 8.40. The van der Waals surface area contributed by atoms with Gasteiger partial charge in [0.1, 0.15) is 5.78 Å². The normalized spacial score (nSPS) is 14.6. The number of Topliss-reactive ketones (excluding diaryl/α,β-unsaturated/α-hetero) is 1. The van der Waals surface area contributed by atoms with Crippen molar-refractivity contribution in [3.05, 3.63) is 0 Å². The standard InChI is InChI=1S/C10H20O/c1-6-8(2)7-10(4,5)9(3)11/h8H,6-7H2,1-5H3. The van der Waals surface area contributed by atoms with E-state index in [4.69, 9.17) is 0 Å². The van der Waals surface area contributed by atoms with E-state index in [0.717, 1.165) is 12.8 Å². The van der Waals surface area contributed by atoms with Gasteiger partial charge >= 0.3 is 0 Å². The van der Waals surface area contributed by atoms with Gasteiger partial charge in [-0.15, -0.1) is 0 Å². The Morgan fingerprint density at radius 3 is 2.18 bits per heavy atom. The molecule has 0 radical (unpaired) electrons. The Morgan fingerprint density at radius 1 is 1.45 bits per heavy atom. The zero-order valence-corrected chi connectivity index (χ0v) is 8.40. The third-order valence-corrected chi connectivity index (χ3v) is 2.51. The number of carbonyl (C=O) groups excluding carboxylic acids is 1. The Morgan fingerprint density at radius 2 is 1.91 bits per heavy atom.